The van der Waals surface area contributed by atoms with Crippen molar-refractivity contribution in [2.75, 3.05) is 24.8 Å². The molecule has 0 atom stereocenters. The van der Waals surface area contributed by atoms with Gasteiger partial charge < -0.3 is 19.2 Å². The van der Waals surface area contributed by atoms with Gasteiger partial charge in [-0.1, -0.05) is 11.8 Å². The van der Waals surface area contributed by atoms with Gasteiger partial charge in [-0.15, -0.1) is 10.2 Å². The van der Waals surface area contributed by atoms with Crippen LogP contribution in [-0.4, -0.2) is 35.6 Å². The Morgan fingerprint density at radius 2 is 1.89 bits per heavy atom. The minimum absolute atomic E-state index is 0.154. The highest BCUT2D eigenvalue weighted by Gasteiger charge is 2.12. The van der Waals surface area contributed by atoms with Crippen molar-refractivity contribution in [1.82, 2.24) is 10.2 Å². The van der Waals surface area contributed by atoms with Crippen LogP contribution in [0.3, 0.4) is 0 Å². The lowest BCUT2D eigenvalue weighted by atomic mass is 10.2. The van der Waals surface area contributed by atoms with E-state index in [-0.39, 0.29) is 11.7 Å². The second-order valence-electron chi connectivity index (χ2n) is 5.85. The zero-order valence-electron chi connectivity index (χ0n) is 15.9. The molecule has 1 heterocycles. The van der Waals surface area contributed by atoms with Gasteiger partial charge in [0.25, 0.3) is 5.22 Å². The molecule has 2 aromatic carbocycles. The van der Waals surface area contributed by atoms with Gasteiger partial charge >= 0.3 is 0 Å². The summed E-state index contributed by atoms with van der Waals surface area (Å²) in [6.45, 7) is 4.45. The maximum atomic E-state index is 12.2. The molecule has 0 aliphatic rings. The normalized spacial score (nSPS) is 10.5. The first-order chi connectivity index (χ1) is 13.6. The molecule has 1 aromatic heterocycles. The van der Waals surface area contributed by atoms with Crippen LogP contribution in [0, 0.1) is 6.92 Å². The number of nitrogens with zero attached hydrogens (tertiary/aromatic N) is 2. The largest absolute Gasteiger partial charge is 0.497 e. The van der Waals surface area contributed by atoms with Gasteiger partial charge in [0.15, 0.2) is 0 Å². The van der Waals surface area contributed by atoms with Gasteiger partial charge in [-0.05, 0) is 61.9 Å². The summed E-state index contributed by atoms with van der Waals surface area (Å²) in [5.74, 6) is 1.94. The molecular weight excluding hydrogens is 378 g/mol. The predicted molar refractivity (Wildman–Crippen MR) is 108 cm³/mol. The zero-order chi connectivity index (χ0) is 19.9. The van der Waals surface area contributed by atoms with E-state index in [0.29, 0.717) is 17.7 Å². The van der Waals surface area contributed by atoms with Gasteiger partial charge in [0.05, 0.1) is 19.5 Å². The average Bonchev–Trinajstić information content (AvgIpc) is 3.18. The van der Waals surface area contributed by atoms with Crippen LogP contribution in [0.1, 0.15) is 12.5 Å². The predicted octanol–water partition coefficient (Wildman–Crippen LogP) is 4.18. The summed E-state index contributed by atoms with van der Waals surface area (Å²) in [5, 5.41) is 11.2. The third-order valence-corrected chi connectivity index (χ3v) is 4.67. The van der Waals surface area contributed by atoms with Crippen LogP contribution in [0.2, 0.25) is 0 Å². The Bertz CT molecular complexity index is 941. The molecule has 7 nitrogen and oxygen atoms in total. The Balaban J connectivity index is 1.56. The monoisotopic (exact) mass is 399 g/mol. The van der Waals surface area contributed by atoms with Crippen LogP contribution in [0.5, 0.6) is 11.5 Å². The number of anilines is 1. The number of benzene rings is 2. The van der Waals surface area contributed by atoms with Crippen LogP contribution in [0.4, 0.5) is 5.69 Å². The topological polar surface area (TPSA) is 86.5 Å². The van der Waals surface area contributed by atoms with Gasteiger partial charge in [0.1, 0.15) is 11.5 Å². The number of hydrogen-bond donors (Lipinski definition) is 1. The Morgan fingerprint density at radius 3 is 2.57 bits per heavy atom. The van der Waals surface area contributed by atoms with Crippen molar-refractivity contribution < 1.29 is 18.7 Å². The fraction of sp³-hybridized carbons (Fsp3) is 0.250. The molecule has 0 saturated heterocycles. The summed E-state index contributed by atoms with van der Waals surface area (Å²) >= 11 is 1.19. The van der Waals surface area contributed by atoms with Crippen LogP contribution in [0.25, 0.3) is 11.5 Å². The molecule has 0 bridgehead atoms. The first-order valence-electron chi connectivity index (χ1n) is 8.73. The number of ether oxygens (including phenoxy) is 2. The van der Waals surface area contributed by atoms with Crippen LogP contribution in [-0.2, 0) is 4.79 Å². The molecule has 28 heavy (non-hydrogen) atoms. The van der Waals surface area contributed by atoms with Crippen LogP contribution < -0.4 is 14.8 Å². The highest BCUT2D eigenvalue weighted by molar-refractivity contribution is 7.99. The first-order valence-corrected chi connectivity index (χ1v) is 9.71. The Kier molecular flexibility index (Phi) is 6.54. The molecule has 1 N–H and O–H groups in total. The SMILES string of the molecule is CCOc1ccc(-c2nnc(SCC(=O)Nc3ccc(OC)cc3C)o2)cc1. The van der Waals surface area contributed by atoms with E-state index < -0.39 is 0 Å². The van der Waals surface area contributed by atoms with Gasteiger partial charge in [0, 0.05) is 11.3 Å². The van der Waals surface area contributed by atoms with Crippen LogP contribution in [0.15, 0.2) is 52.1 Å². The van der Waals surface area contributed by atoms with E-state index in [1.165, 1.54) is 11.8 Å². The van der Waals surface area contributed by atoms with Crippen LogP contribution >= 0.6 is 11.8 Å². The summed E-state index contributed by atoms with van der Waals surface area (Å²) in [5.41, 5.74) is 2.46. The number of nitrogens with one attached hydrogen (secondary N) is 1. The number of thioether (sulfide) groups is 1. The number of carbonyl (C=O) groups is 1. The van der Waals surface area contributed by atoms with Gasteiger partial charge in [-0.2, -0.15) is 0 Å². The number of aryl methyl sites for hydroxylation is 1. The Hall–Kier alpha value is -3.00. The summed E-state index contributed by atoms with van der Waals surface area (Å²) in [7, 11) is 1.61. The molecule has 0 saturated carbocycles. The quantitative estimate of drug-likeness (QED) is 0.569. The molecule has 0 spiro atoms. The fourth-order valence-corrected chi connectivity index (χ4v) is 3.03. The van der Waals surface area contributed by atoms with Gasteiger partial charge in [-0.3, -0.25) is 4.79 Å². The fourth-order valence-electron chi connectivity index (χ4n) is 2.46. The molecule has 1 amide bonds. The lowest BCUT2D eigenvalue weighted by molar-refractivity contribution is -0.113. The Labute approximate surface area is 167 Å². The number of rotatable bonds is 8. The van der Waals surface area contributed by atoms with E-state index in [4.69, 9.17) is 13.9 Å². The molecule has 0 unspecified atom stereocenters. The minimum Gasteiger partial charge on any atom is -0.497 e. The van der Waals surface area contributed by atoms with Crippen molar-refractivity contribution in [2.45, 2.75) is 19.1 Å². The maximum absolute atomic E-state index is 12.2. The van der Waals surface area contributed by atoms with Crippen molar-refractivity contribution in [2.24, 2.45) is 0 Å². The number of methoxy groups -OCH3 is 1. The molecule has 0 aliphatic heterocycles. The summed E-state index contributed by atoms with van der Waals surface area (Å²) < 4.78 is 16.2. The third-order valence-electron chi connectivity index (χ3n) is 3.85. The molecule has 0 fully saturated rings. The number of aromatic nitrogens is 2. The summed E-state index contributed by atoms with van der Waals surface area (Å²) in [6, 6.07) is 12.9. The minimum atomic E-state index is -0.154. The molecule has 3 aromatic rings. The number of amides is 1. The van der Waals surface area contributed by atoms with E-state index in [1.807, 2.05) is 50.2 Å². The smallest absolute Gasteiger partial charge is 0.277 e. The molecule has 0 aliphatic carbocycles. The second-order valence-corrected chi connectivity index (χ2v) is 6.77. The number of hydrogen-bond acceptors (Lipinski definition) is 7. The van der Waals surface area contributed by atoms with E-state index >= 15 is 0 Å². The average molecular weight is 399 g/mol. The lowest BCUT2D eigenvalue weighted by Crippen LogP contribution is -2.14. The third kappa shape index (κ3) is 5.04. The summed E-state index contributed by atoms with van der Waals surface area (Å²) in [4.78, 5) is 12.2. The second kappa shape index (κ2) is 9.27. The molecule has 0 radical (unpaired) electrons. The van der Waals surface area contributed by atoms with Gasteiger partial charge in [-0.25, -0.2) is 0 Å². The van der Waals surface area contributed by atoms with Gasteiger partial charge in [0.2, 0.25) is 11.8 Å². The van der Waals surface area contributed by atoms with Crippen molar-refractivity contribution in [3.63, 3.8) is 0 Å². The number of carbonyl (C=O) groups excluding carboxylic acids is 1. The molecule has 8 heteroatoms. The first kappa shape index (κ1) is 19.8. The highest BCUT2D eigenvalue weighted by atomic mass is 32.2. The standard InChI is InChI=1S/C20H21N3O4S/c1-4-26-15-7-5-14(6-8-15)19-22-23-20(27-19)28-12-18(24)21-17-10-9-16(25-3)11-13(17)2/h5-11H,4,12H2,1-3H3,(H,21,24). The van der Waals surface area contributed by atoms with E-state index in [2.05, 4.69) is 15.5 Å². The van der Waals surface area contributed by atoms with Crippen molar-refractivity contribution in [3.05, 3.63) is 48.0 Å². The van der Waals surface area contributed by atoms with E-state index in [0.717, 1.165) is 28.3 Å². The lowest BCUT2D eigenvalue weighted by Gasteiger charge is -2.09. The van der Waals surface area contributed by atoms with E-state index in [9.17, 15) is 4.79 Å². The van der Waals surface area contributed by atoms with E-state index in [1.54, 1.807) is 13.2 Å². The highest BCUT2D eigenvalue weighted by Crippen LogP contribution is 2.26. The van der Waals surface area contributed by atoms with Crippen molar-refractivity contribution in [1.29, 1.82) is 0 Å². The Morgan fingerprint density at radius 1 is 1.14 bits per heavy atom. The maximum Gasteiger partial charge on any atom is 0.277 e. The molecule has 3 rings (SSSR count). The van der Waals surface area contributed by atoms with Crippen molar-refractivity contribution >= 4 is 23.4 Å². The molecule has 146 valence electrons. The van der Waals surface area contributed by atoms with Crippen molar-refractivity contribution in [3.8, 4) is 23.0 Å². The molecular formula is C20H21N3O4S. The summed E-state index contributed by atoms with van der Waals surface area (Å²) in [6.07, 6.45) is 0. The zero-order valence-corrected chi connectivity index (χ0v) is 16.7.